The van der Waals surface area contributed by atoms with Crippen LogP contribution in [0, 0.1) is 0 Å². The highest BCUT2D eigenvalue weighted by molar-refractivity contribution is 8.02. The molecule has 0 saturated carbocycles. The van der Waals surface area contributed by atoms with Gasteiger partial charge in [0, 0.05) is 16.9 Å². The predicted molar refractivity (Wildman–Crippen MR) is 28.4 cm³/mol. The second kappa shape index (κ2) is 1.34. The molecule has 0 spiro atoms. The summed E-state index contributed by atoms with van der Waals surface area (Å²) in [5.41, 5.74) is 0. The Labute approximate surface area is 40.4 Å². The Kier molecular flexibility index (Phi) is 0.837. The summed E-state index contributed by atoms with van der Waals surface area (Å²) in [5, 5.41) is 3.65. The Hall–Kier alpha value is -0.440. The number of rotatable bonds is 0. The van der Waals surface area contributed by atoms with Gasteiger partial charge in [0.15, 0.2) is 0 Å². The summed E-state index contributed by atoms with van der Waals surface area (Å²) in [4.78, 5) is 3.63. The monoisotopic (exact) mass is 100 g/mol. The number of hydrogen-bond acceptors (Lipinski definition) is 3. The third-order valence-electron chi connectivity index (χ3n) is 0.438. The molecule has 0 aromatic carbocycles. The third-order valence-corrected chi connectivity index (χ3v) is 1.00. The molecule has 0 atom stereocenters. The van der Waals surface area contributed by atoms with Crippen LogP contribution in [0.25, 0.3) is 0 Å². The summed E-state index contributed by atoms with van der Waals surface area (Å²) in [6.45, 7) is 3.61. The Morgan fingerprint density at radius 3 is 3.00 bits per heavy atom. The fourth-order valence-corrected chi connectivity index (χ4v) is 0.538. The van der Waals surface area contributed by atoms with Crippen LogP contribution in [0.3, 0.4) is 0 Å². The fraction of sp³-hybridized carbons (Fsp3) is 0. The number of hydrazone groups is 1. The Morgan fingerprint density at radius 1 is 2.00 bits per heavy atom. The van der Waals surface area contributed by atoms with E-state index in [0.717, 1.165) is 4.91 Å². The number of nitrogens with zero attached hydrogens (tertiary/aromatic N) is 1. The van der Waals surface area contributed by atoms with E-state index in [-0.39, 0.29) is 0 Å². The van der Waals surface area contributed by atoms with Gasteiger partial charge in [-0.05, 0) is 0 Å². The van der Waals surface area contributed by atoms with Gasteiger partial charge in [0.05, 0.1) is 6.21 Å². The van der Waals surface area contributed by atoms with Crippen LogP contribution in [-0.4, -0.2) is 6.21 Å². The van der Waals surface area contributed by atoms with E-state index in [0.29, 0.717) is 0 Å². The molecule has 1 heterocycles. The highest BCUT2D eigenvalue weighted by Gasteiger charge is 1.92. The van der Waals surface area contributed by atoms with Crippen molar-refractivity contribution in [1.29, 1.82) is 0 Å². The molecule has 1 aliphatic rings. The van der Waals surface area contributed by atoms with E-state index in [4.69, 9.17) is 0 Å². The van der Waals surface area contributed by atoms with E-state index in [2.05, 4.69) is 16.5 Å². The van der Waals surface area contributed by atoms with E-state index in [1.165, 1.54) is 11.9 Å². The van der Waals surface area contributed by atoms with Crippen molar-refractivity contribution in [2.24, 2.45) is 5.10 Å². The highest BCUT2D eigenvalue weighted by Crippen LogP contribution is 2.09. The van der Waals surface area contributed by atoms with Crippen molar-refractivity contribution < 1.29 is 0 Å². The molecule has 1 N–H and O–H groups in total. The molecule has 6 heavy (non-hydrogen) atoms. The van der Waals surface area contributed by atoms with Crippen molar-refractivity contribution in [3.8, 4) is 0 Å². The molecule has 32 valence electrons. The van der Waals surface area contributed by atoms with E-state index >= 15 is 0 Å². The van der Waals surface area contributed by atoms with Crippen LogP contribution in [0.5, 0.6) is 0 Å². The first-order chi connectivity index (χ1) is 2.89. The van der Waals surface area contributed by atoms with Crippen molar-refractivity contribution >= 4 is 18.2 Å². The van der Waals surface area contributed by atoms with Crippen LogP contribution in [0.1, 0.15) is 0 Å². The van der Waals surface area contributed by atoms with Gasteiger partial charge in [-0.15, -0.1) is 0 Å². The van der Waals surface area contributed by atoms with E-state index < -0.39 is 0 Å². The van der Waals surface area contributed by atoms with Crippen molar-refractivity contribution in [2.45, 2.75) is 0 Å². The van der Waals surface area contributed by atoms with Gasteiger partial charge in [-0.3, -0.25) is 0 Å². The summed E-state index contributed by atoms with van der Waals surface area (Å²) in [6, 6.07) is 0. The minimum atomic E-state index is 0.968. The average Bonchev–Trinajstić information content (AvgIpc) is 1.86. The van der Waals surface area contributed by atoms with Gasteiger partial charge in [0.2, 0.25) is 0 Å². The topological polar surface area (TPSA) is 24.4 Å². The molecule has 0 radical (unpaired) electrons. The zero-order valence-electron chi connectivity index (χ0n) is 3.14. The van der Waals surface area contributed by atoms with E-state index in [1.54, 1.807) is 6.21 Å². The molecule has 0 aliphatic carbocycles. The third kappa shape index (κ3) is 0.542. The standard InChI is InChI=1S/C3H4N2S/c1-3-2-4-5-6-3/h2,5H,1H2. The first kappa shape index (κ1) is 3.74. The Balaban J connectivity index is 2.59. The lowest BCUT2D eigenvalue weighted by Gasteiger charge is -1.78. The SMILES string of the molecule is C=C1C=NNS1. The zero-order valence-corrected chi connectivity index (χ0v) is 3.96. The van der Waals surface area contributed by atoms with Crippen molar-refractivity contribution in [2.75, 3.05) is 0 Å². The second-order valence-corrected chi connectivity index (χ2v) is 1.83. The molecular weight excluding hydrogens is 96.1 g/mol. The minimum absolute atomic E-state index is 0.968. The summed E-state index contributed by atoms with van der Waals surface area (Å²) in [6.07, 6.45) is 1.69. The highest BCUT2D eigenvalue weighted by atomic mass is 32.2. The van der Waals surface area contributed by atoms with Gasteiger partial charge in [-0.2, -0.15) is 5.10 Å². The van der Waals surface area contributed by atoms with Crippen molar-refractivity contribution in [1.82, 2.24) is 4.83 Å². The maximum absolute atomic E-state index is 3.65. The van der Waals surface area contributed by atoms with Gasteiger partial charge in [0.25, 0.3) is 0 Å². The van der Waals surface area contributed by atoms with Crippen LogP contribution >= 0.6 is 11.9 Å². The van der Waals surface area contributed by atoms with Gasteiger partial charge in [0.1, 0.15) is 0 Å². The molecule has 3 heteroatoms. The number of nitrogens with one attached hydrogen (secondary N) is 1. The molecule has 1 rings (SSSR count). The Bertz CT molecular complexity index is 97.0. The molecule has 0 aromatic heterocycles. The summed E-state index contributed by atoms with van der Waals surface area (Å²) < 4.78 is 0. The van der Waals surface area contributed by atoms with Crippen LogP contribution in [0.4, 0.5) is 0 Å². The molecule has 0 bridgehead atoms. The summed E-state index contributed by atoms with van der Waals surface area (Å²) in [5.74, 6) is 0. The van der Waals surface area contributed by atoms with E-state index in [1.807, 2.05) is 0 Å². The first-order valence-corrected chi connectivity index (χ1v) is 2.35. The number of hydrogen-bond donors (Lipinski definition) is 1. The van der Waals surface area contributed by atoms with Crippen molar-refractivity contribution in [3.05, 3.63) is 11.5 Å². The fourth-order valence-electron chi connectivity index (χ4n) is 0.210. The lowest BCUT2D eigenvalue weighted by Crippen LogP contribution is -1.77. The molecule has 1 aliphatic heterocycles. The molecule has 0 aromatic rings. The quantitative estimate of drug-likeness (QED) is 0.454. The largest absolute Gasteiger partial charge is 0.247 e. The molecule has 0 fully saturated rings. The van der Waals surface area contributed by atoms with Crippen LogP contribution in [0.2, 0.25) is 0 Å². The van der Waals surface area contributed by atoms with Crippen LogP contribution < -0.4 is 4.83 Å². The second-order valence-electron chi connectivity index (χ2n) is 0.918. The molecule has 2 nitrogen and oxygen atoms in total. The van der Waals surface area contributed by atoms with Crippen LogP contribution in [-0.2, 0) is 0 Å². The maximum Gasteiger partial charge on any atom is 0.0626 e. The normalized spacial score (nSPS) is 18.3. The summed E-state index contributed by atoms with van der Waals surface area (Å²) in [7, 11) is 0. The van der Waals surface area contributed by atoms with Gasteiger partial charge in [-0.1, -0.05) is 6.58 Å². The maximum atomic E-state index is 3.65. The Morgan fingerprint density at radius 2 is 2.83 bits per heavy atom. The first-order valence-electron chi connectivity index (χ1n) is 1.53. The van der Waals surface area contributed by atoms with Gasteiger partial charge >= 0.3 is 0 Å². The predicted octanol–water partition coefficient (Wildman–Crippen LogP) is 0.737. The lowest BCUT2D eigenvalue weighted by atomic mass is 10.7. The number of allylic oxidation sites excluding steroid dienone is 1. The lowest BCUT2D eigenvalue weighted by molar-refractivity contribution is 1.15. The average molecular weight is 100 g/mol. The van der Waals surface area contributed by atoms with Gasteiger partial charge < -0.3 is 0 Å². The summed E-state index contributed by atoms with van der Waals surface area (Å²) >= 11 is 1.43. The van der Waals surface area contributed by atoms with E-state index in [9.17, 15) is 0 Å². The minimum Gasteiger partial charge on any atom is -0.247 e. The molecule has 0 amide bonds. The van der Waals surface area contributed by atoms with Gasteiger partial charge in [-0.25, -0.2) is 4.83 Å². The molecule has 0 unspecified atom stereocenters. The zero-order chi connectivity index (χ0) is 4.41. The molecular formula is C3H4N2S. The molecule has 0 saturated heterocycles. The van der Waals surface area contributed by atoms with Crippen molar-refractivity contribution in [3.63, 3.8) is 0 Å². The van der Waals surface area contributed by atoms with Crippen LogP contribution in [0.15, 0.2) is 16.6 Å². The smallest absolute Gasteiger partial charge is 0.0626 e.